The highest BCUT2D eigenvalue weighted by Crippen LogP contribution is 2.05. The molecule has 0 aliphatic rings. The van der Waals surface area contributed by atoms with Crippen molar-refractivity contribution in [3.05, 3.63) is 24.7 Å². The number of ether oxygens (including phenoxy) is 6. The lowest BCUT2D eigenvalue weighted by atomic mass is 10.6. The van der Waals surface area contributed by atoms with Crippen LogP contribution in [0.2, 0.25) is 0 Å². The first kappa shape index (κ1) is 20.9. The molecule has 0 aromatic carbocycles. The van der Waals surface area contributed by atoms with Gasteiger partial charge in [0, 0.05) is 13.2 Å². The lowest BCUT2D eigenvalue weighted by molar-refractivity contribution is -0.194. The van der Waals surface area contributed by atoms with Crippen molar-refractivity contribution in [2.45, 2.75) is 40.3 Å². The van der Waals surface area contributed by atoms with E-state index < -0.39 is 6.29 Å². The van der Waals surface area contributed by atoms with Crippen molar-refractivity contribution in [1.82, 2.24) is 0 Å². The van der Waals surface area contributed by atoms with E-state index in [0.29, 0.717) is 44.6 Å². The molecular weight excluding hydrogens is 288 g/mol. The fourth-order valence-corrected chi connectivity index (χ4v) is 1.45. The van der Waals surface area contributed by atoms with Gasteiger partial charge in [-0.05, 0) is 27.7 Å². The molecule has 0 heterocycles. The Morgan fingerprint density at radius 2 is 1.45 bits per heavy atom. The van der Waals surface area contributed by atoms with Crippen molar-refractivity contribution in [3.63, 3.8) is 0 Å². The van der Waals surface area contributed by atoms with Crippen LogP contribution in [0.15, 0.2) is 24.7 Å². The van der Waals surface area contributed by atoms with Gasteiger partial charge in [0.1, 0.15) is 6.61 Å². The molecular formula is C16H30O6. The second-order valence-electron chi connectivity index (χ2n) is 4.55. The van der Waals surface area contributed by atoms with Gasteiger partial charge in [-0.3, -0.25) is 0 Å². The monoisotopic (exact) mass is 318 g/mol. The largest absolute Gasteiger partial charge is 0.492 e. The predicted octanol–water partition coefficient (Wildman–Crippen LogP) is 2.85. The average molecular weight is 318 g/mol. The average Bonchev–Trinajstić information content (AvgIpc) is 2.45. The molecule has 6 heteroatoms. The Kier molecular flexibility index (Phi) is 12.9. The van der Waals surface area contributed by atoms with Crippen LogP contribution in [0.4, 0.5) is 0 Å². The highest BCUT2D eigenvalue weighted by Gasteiger charge is 2.13. The maximum Gasteiger partial charge on any atom is 0.233 e. The normalized spacial score (nSPS) is 13.5. The highest BCUT2D eigenvalue weighted by molar-refractivity contribution is 4.77. The van der Waals surface area contributed by atoms with Crippen molar-refractivity contribution in [2.75, 3.05) is 39.6 Å². The summed E-state index contributed by atoms with van der Waals surface area (Å²) in [6, 6.07) is 0. The second-order valence-corrected chi connectivity index (χ2v) is 4.55. The Bertz CT molecular complexity index is 305. The third kappa shape index (κ3) is 12.6. The SMILES string of the molecule is C=C(C)OCC(OCCOC(COCC)OCC)OC(=C)C. The van der Waals surface area contributed by atoms with Crippen molar-refractivity contribution >= 4 is 0 Å². The van der Waals surface area contributed by atoms with Crippen LogP contribution < -0.4 is 0 Å². The molecule has 6 nitrogen and oxygen atoms in total. The lowest BCUT2D eigenvalue weighted by Gasteiger charge is -2.21. The van der Waals surface area contributed by atoms with Crippen molar-refractivity contribution in [3.8, 4) is 0 Å². The summed E-state index contributed by atoms with van der Waals surface area (Å²) >= 11 is 0. The Labute approximate surface area is 134 Å². The first-order valence-electron chi connectivity index (χ1n) is 7.52. The van der Waals surface area contributed by atoms with Gasteiger partial charge in [0.25, 0.3) is 0 Å². The maximum atomic E-state index is 5.57. The number of hydrogen-bond donors (Lipinski definition) is 0. The molecule has 22 heavy (non-hydrogen) atoms. The quantitative estimate of drug-likeness (QED) is 0.263. The van der Waals surface area contributed by atoms with Crippen LogP contribution in [0, 0.1) is 0 Å². The molecule has 0 aliphatic carbocycles. The minimum atomic E-state index is -0.546. The van der Waals surface area contributed by atoms with Crippen molar-refractivity contribution in [2.24, 2.45) is 0 Å². The second kappa shape index (κ2) is 13.6. The molecule has 0 amide bonds. The number of rotatable bonds is 15. The molecule has 130 valence electrons. The lowest BCUT2D eigenvalue weighted by Crippen LogP contribution is -2.28. The molecule has 0 spiro atoms. The summed E-state index contributed by atoms with van der Waals surface area (Å²) in [5, 5.41) is 0. The van der Waals surface area contributed by atoms with Crippen LogP contribution in [0.5, 0.6) is 0 Å². The smallest absolute Gasteiger partial charge is 0.233 e. The van der Waals surface area contributed by atoms with E-state index >= 15 is 0 Å². The summed E-state index contributed by atoms with van der Waals surface area (Å²) in [5.41, 5.74) is 0. The molecule has 0 radical (unpaired) electrons. The molecule has 0 rings (SSSR count). The minimum absolute atomic E-state index is 0.246. The fraction of sp³-hybridized carbons (Fsp3) is 0.750. The topological polar surface area (TPSA) is 55.4 Å². The highest BCUT2D eigenvalue weighted by atomic mass is 16.7. The van der Waals surface area contributed by atoms with Gasteiger partial charge in [0.2, 0.25) is 6.29 Å². The van der Waals surface area contributed by atoms with Gasteiger partial charge in [-0.1, -0.05) is 13.2 Å². The molecule has 2 unspecified atom stereocenters. The van der Waals surface area contributed by atoms with Gasteiger partial charge in [-0.25, -0.2) is 0 Å². The first-order valence-corrected chi connectivity index (χ1v) is 7.52. The van der Waals surface area contributed by atoms with E-state index in [1.807, 2.05) is 13.8 Å². The maximum absolute atomic E-state index is 5.57. The molecule has 0 saturated heterocycles. The van der Waals surface area contributed by atoms with Gasteiger partial charge in [-0.2, -0.15) is 0 Å². The summed E-state index contributed by atoms with van der Waals surface area (Å²) in [5.74, 6) is 1.16. The number of hydrogen-bond acceptors (Lipinski definition) is 6. The van der Waals surface area contributed by atoms with Crippen molar-refractivity contribution in [1.29, 1.82) is 0 Å². The standard InChI is InChI=1S/C16H30O6/c1-7-17-11-15(18-8-2)19-9-10-20-16(22-14(5)6)12-21-13(3)4/h15-16H,3,5,7-12H2,1-2,4,6H3. The van der Waals surface area contributed by atoms with E-state index in [1.54, 1.807) is 13.8 Å². The van der Waals surface area contributed by atoms with Gasteiger partial charge < -0.3 is 28.4 Å². The zero-order chi connectivity index (χ0) is 16.8. The zero-order valence-electron chi connectivity index (χ0n) is 14.3. The molecule has 0 saturated carbocycles. The van der Waals surface area contributed by atoms with Crippen LogP contribution in [-0.2, 0) is 28.4 Å². The molecule has 0 aliphatic heterocycles. The van der Waals surface area contributed by atoms with E-state index in [0.717, 1.165) is 0 Å². The Hall–Kier alpha value is -1.08. The molecule has 0 fully saturated rings. The summed E-state index contributed by atoms with van der Waals surface area (Å²) in [6.07, 6.45) is -0.934. The first-order chi connectivity index (χ1) is 10.5. The molecule has 0 bridgehead atoms. The van der Waals surface area contributed by atoms with Crippen LogP contribution in [0.3, 0.4) is 0 Å². The van der Waals surface area contributed by atoms with E-state index in [-0.39, 0.29) is 12.9 Å². The zero-order valence-corrected chi connectivity index (χ0v) is 14.3. The van der Waals surface area contributed by atoms with Crippen LogP contribution in [0.25, 0.3) is 0 Å². The van der Waals surface area contributed by atoms with Crippen LogP contribution in [-0.4, -0.2) is 52.2 Å². The molecule has 0 aromatic rings. The van der Waals surface area contributed by atoms with Crippen LogP contribution in [0.1, 0.15) is 27.7 Å². The number of allylic oxidation sites excluding steroid dienone is 2. The van der Waals surface area contributed by atoms with E-state index in [9.17, 15) is 0 Å². The third-order valence-electron chi connectivity index (χ3n) is 2.30. The van der Waals surface area contributed by atoms with Gasteiger partial charge >= 0.3 is 0 Å². The molecule has 2 atom stereocenters. The van der Waals surface area contributed by atoms with E-state index in [2.05, 4.69) is 13.2 Å². The minimum Gasteiger partial charge on any atom is -0.492 e. The Morgan fingerprint density at radius 3 is 1.95 bits per heavy atom. The summed E-state index contributed by atoms with van der Waals surface area (Å²) in [6.45, 7) is 17.2. The summed E-state index contributed by atoms with van der Waals surface area (Å²) < 4.78 is 32.5. The summed E-state index contributed by atoms with van der Waals surface area (Å²) in [4.78, 5) is 0. The molecule has 0 aromatic heterocycles. The Morgan fingerprint density at radius 1 is 0.818 bits per heavy atom. The van der Waals surface area contributed by atoms with E-state index in [1.165, 1.54) is 0 Å². The van der Waals surface area contributed by atoms with Crippen LogP contribution >= 0.6 is 0 Å². The third-order valence-corrected chi connectivity index (χ3v) is 2.30. The van der Waals surface area contributed by atoms with Gasteiger partial charge in [-0.15, -0.1) is 0 Å². The van der Waals surface area contributed by atoms with Gasteiger partial charge in [0.05, 0.1) is 31.3 Å². The Balaban J connectivity index is 4.01. The van der Waals surface area contributed by atoms with Gasteiger partial charge in [0.15, 0.2) is 6.29 Å². The van der Waals surface area contributed by atoms with Crippen molar-refractivity contribution < 1.29 is 28.4 Å². The predicted molar refractivity (Wildman–Crippen MR) is 84.3 cm³/mol. The summed E-state index contributed by atoms with van der Waals surface area (Å²) in [7, 11) is 0. The fourth-order valence-electron chi connectivity index (χ4n) is 1.45. The molecule has 0 N–H and O–H groups in total. The van der Waals surface area contributed by atoms with E-state index in [4.69, 9.17) is 28.4 Å².